The first kappa shape index (κ1) is 26.1. The molecule has 0 aliphatic carbocycles. The molecule has 1 aromatic heterocycles. The molecule has 1 aliphatic rings. The normalized spacial score (nSPS) is 15.8. The molecule has 37 heavy (non-hydrogen) atoms. The molecule has 1 aliphatic heterocycles. The van der Waals surface area contributed by atoms with Gasteiger partial charge in [0.15, 0.2) is 23.0 Å². The first-order chi connectivity index (χ1) is 17.8. The average molecular weight is 520 g/mol. The van der Waals surface area contributed by atoms with E-state index < -0.39 is 23.5 Å². The highest BCUT2D eigenvalue weighted by molar-refractivity contribution is 7.15. The number of amides is 1. The Morgan fingerprint density at radius 2 is 1.92 bits per heavy atom. The Hall–Kier alpha value is -3.98. The van der Waals surface area contributed by atoms with Crippen LogP contribution >= 0.6 is 11.3 Å². The molecular weight excluding hydrogens is 490 g/mol. The van der Waals surface area contributed by atoms with E-state index in [1.54, 1.807) is 31.2 Å². The molecule has 3 aromatic rings. The molecule has 0 spiro atoms. The summed E-state index contributed by atoms with van der Waals surface area (Å²) in [7, 11) is 1.53. The van der Waals surface area contributed by atoms with E-state index in [0.29, 0.717) is 34.6 Å². The topological polar surface area (TPSA) is 102 Å². The van der Waals surface area contributed by atoms with E-state index in [1.807, 2.05) is 30.3 Å². The maximum atomic E-state index is 13.4. The molecular formula is C28H29N3O5S. The highest BCUT2D eigenvalue weighted by atomic mass is 32.1. The van der Waals surface area contributed by atoms with E-state index in [9.17, 15) is 14.7 Å². The molecule has 0 bridgehead atoms. The summed E-state index contributed by atoms with van der Waals surface area (Å²) < 4.78 is 11.5. The number of nitrogens with zero attached hydrogens (tertiary/aromatic N) is 3. The van der Waals surface area contributed by atoms with Gasteiger partial charge in [0, 0.05) is 0 Å². The van der Waals surface area contributed by atoms with Crippen molar-refractivity contribution < 1.29 is 24.2 Å². The summed E-state index contributed by atoms with van der Waals surface area (Å²) >= 11 is 1.20. The summed E-state index contributed by atoms with van der Waals surface area (Å²) in [5, 5.41) is 19.9. The van der Waals surface area contributed by atoms with Crippen molar-refractivity contribution >= 4 is 34.2 Å². The molecule has 1 amide bonds. The smallest absolute Gasteiger partial charge is 0.296 e. The molecule has 1 N–H and O–H groups in total. The third-order valence-corrected chi connectivity index (χ3v) is 6.72. The van der Waals surface area contributed by atoms with Crippen molar-refractivity contribution in [3.05, 3.63) is 82.1 Å². The number of anilines is 1. The number of hydrogen-bond donors (Lipinski definition) is 1. The van der Waals surface area contributed by atoms with Crippen molar-refractivity contribution in [2.45, 2.75) is 33.2 Å². The lowest BCUT2D eigenvalue weighted by atomic mass is 9.95. The van der Waals surface area contributed by atoms with E-state index in [4.69, 9.17) is 9.47 Å². The van der Waals surface area contributed by atoms with Crippen LogP contribution in [-0.4, -0.2) is 40.7 Å². The van der Waals surface area contributed by atoms with Crippen molar-refractivity contribution in [1.29, 1.82) is 0 Å². The predicted octanol–water partition coefficient (Wildman–Crippen LogP) is 5.46. The summed E-state index contributed by atoms with van der Waals surface area (Å²) in [6.07, 6.45) is 3.89. The van der Waals surface area contributed by atoms with Crippen LogP contribution in [0.1, 0.15) is 42.4 Å². The van der Waals surface area contributed by atoms with Crippen LogP contribution in [0.25, 0.3) is 6.08 Å². The Morgan fingerprint density at radius 1 is 1.16 bits per heavy atom. The Kier molecular flexibility index (Phi) is 8.03. The summed E-state index contributed by atoms with van der Waals surface area (Å²) in [5.74, 6) is -0.311. The van der Waals surface area contributed by atoms with Gasteiger partial charge in [-0.3, -0.25) is 14.5 Å². The van der Waals surface area contributed by atoms with Crippen molar-refractivity contribution in [3.8, 4) is 11.5 Å². The number of ketones is 1. The van der Waals surface area contributed by atoms with Gasteiger partial charge in [0.2, 0.25) is 5.13 Å². The molecule has 0 fully saturated rings. The van der Waals surface area contributed by atoms with Gasteiger partial charge in [0.05, 0.1) is 25.3 Å². The summed E-state index contributed by atoms with van der Waals surface area (Å²) in [6, 6.07) is 13.6. The number of aliphatic hydroxyl groups is 1. The fourth-order valence-corrected chi connectivity index (χ4v) is 4.67. The van der Waals surface area contributed by atoms with Gasteiger partial charge in [-0.15, -0.1) is 10.2 Å². The molecule has 9 heteroatoms. The quantitative estimate of drug-likeness (QED) is 0.355. The maximum Gasteiger partial charge on any atom is 0.296 e. The van der Waals surface area contributed by atoms with Crippen LogP contribution in [0.5, 0.6) is 11.5 Å². The number of aryl methyl sites for hydroxylation is 1. The van der Waals surface area contributed by atoms with E-state index in [1.165, 1.54) is 29.4 Å². The lowest BCUT2D eigenvalue weighted by Gasteiger charge is -2.24. The number of carbonyl (C=O) groups is 2. The number of aliphatic hydroxyl groups excluding tert-OH is 1. The minimum atomic E-state index is -0.925. The van der Waals surface area contributed by atoms with Crippen LogP contribution in [0.4, 0.5) is 5.13 Å². The number of ether oxygens (including phenoxy) is 2. The molecule has 0 radical (unpaired) electrons. The fraction of sp³-hybridized carbons (Fsp3) is 0.286. The van der Waals surface area contributed by atoms with Crippen molar-refractivity contribution in [2.24, 2.45) is 5.92 Å². The first-order valence-corrected chi connectivity index (χ1v) is 12.8. The highest BCUT2D eigenvalue weighted by Crippen LogP contribution is 2.44. The molecule has 4 rings (SSSR count). The van der Waals surface area contributed by atoms with E-state index in [0.717, 1.165) is 12.0 Å². The Bertz CT molecular complexity index is 1350. The number of rotatable bonds is 10. The average Bonchev–Trinajstić information content (AvgIpc) is 3.43. The molecule has 2 aromatic carbocycles. The second-order valence-electron chi connectivity index (χ2n) is 8.99. The number of hydrogen-bond acceptors (Lipinski definition) is 8. The zero-order valence-electron chi connectivity index (χ0n) is 21.2. The van der Waals surface area contributed by atoms with E-state index in [2.05, 4.69) is 24.0 Å². The predicted molar refractivity (Wildman–Crippen MR) is 143 cm³/mol. The van der Waals surface area contributed by atoms with Gasteiger partial charge in [-0.1, -0.05) is 67.7 Å². The van der Waals surface area contributed by atoms with Gasteiger partial charge in [0.25, 0.3) is 5.91 Å². The van der Waals surface area contributed by atoms with Crippen molar-refractivity contribution in [2.75, 3.05) is 18.6 Å². The second-order valence-corrected chi connectivity index (χ2v) is 10.2. The van der Waals surface area contributed by atoms with Crippen LogP contribution in [0.3, 0.4) is 0 Å². The molecule has 0 saturated heterocycles. The summed E-state index contributed by atoms with van der Waals surface area (Å²) in [5.41, 5.74) is 1.34. The van der Waals surface area contributed by atoms with E-state index in [-0.39, 0.29) is 10.7 Å². The minimum Gasteiger partial charge on any atom is -0.503 e. The number of allylic oxidation sites excluding steroid dienone is 1. The second kappa shape index (κ2) is 11.4. The SMILES string of the molecule is COc1cc(C2C(C(=O)/C=C/c3ccccc3)=C(O)C(=O)N2c2nnc(C)s2)ccc1OCCC(C)C. The van der Waals surface area contributed by atoms with Gasteiger partial charge in [-0.05, 0) is 48.6 Å². The highest BCUT2D eigenvalue weighted by Gasteiger charge is 2.45. The maximum absolute atomic E-state index is 13.4. The third kappa shape index (κ3) is 5.72. The lowest BCUT2D eigenvalue weighted by Crippen LogP contribution is -2.30. The monoisotopic (exact) mass is 519 g/mol. The number of methoxy groups -OCH3 is 1. The van der Waals surface area contributed by atoms with Crippen molar-refractivity contribution in [1.82, 2.24) is 10.2 Å². The Labute approximate surface area is 219 Å². The van der Waals surface area contributed by atoms with Gasteiger partial charge in [-0.25, -0.2) is 0 Å². The molecule has 1 unspecified atom stereocenters. The van der Waals surface area contributed by atoms with Crippen LogP contribution in [0.15, 0.2) is 65.9 Å². The number of benzene rings is 2. The molecule has 192 valence electrons. The van der Waals surface area contributed by atoms with Crippen LogP contribution < -0.4 is 14.4 Å². The van der Waals surface area contributed by atoms with Crippen LogP contribution in [0, 0.1) is 12.8 Å². The molecule has 2 heterocycles. The zero-order chi connectivity index (χ0) is 26.5. The standard InChI is InChI=1S/C28H29N3O5S/c1-17(2)14-15-36-22-13-11-20(16-23(22)35-4)25-24(21(32)12-10-19-8-6-5-7-9-19)26(33)27(34)31(25)28-30-29-18(3)37-28/h5-13,16-17,25,33H,14-15H2,1-4H3/b12-10+. The minimum absolute atomic E-state index is 0.0411. The molecule has 8 nitrogen and oxygen atoms in total. The van der Waals surface area contributed by atoms with Crippen LogP contribution in [0.2, 0.25) is 0 Å². The molecule has 1 atom stereocenters. The van der Waals surface area contributed by atoms with Gasteiger partial charge in [-0.2, -0.15) is 0 Å². The van der Waals surface area contributed by atoms with Gasteiger partial charge in [0.1, 0.15) is 5.01 Å². The summed E-state index contributed by atoms with van der Waals surface area (Å²) in [4.78, 5) is 27.9. The lowest BCUT2D eigenvalue weighted by molar-refractivity contribution is -0.117. The summed E-state index contributed by atoms with van der Waals surface area (Å²) in [6.45, 7) is 6.54. The molecule has 0 saturated carbocycles. The first-order valence-electron chi connectivity index (χ1n) is 11.9. The Morgan fingerprint density at radius 3 is 2.57 bits per heavy atom. The number of aromatic nitrogens is 2. The van der Waals surface area contributed by atoms with Gasteiger partial charge >= 0.3 is 0 Å². The van der Waals surface area contributed by atoms with E-state index >= 15 is 0 Å². The third-order valence-electron chi connectivity index (χ3n) is 5.88. The largest absolute Gasteiger partial charge is 0.503 e. The van der Waals surface area contributed by atoms with Crippen LogP contribution in [-0.2, 0) is 9.59 Å². The van der Waals surface area contributed by atoms with Crippen molar-refractivity contribution in [3.63, 3.8) is 0 Å². The Balaban J connectivity index is 1.74. The number of carbonyl (C=O) groups excluding carboxylic acids is 2. The fourth-order valence-electron chi connectivity index (χ4n) is 3.96. The van der Waals surface area contributed by atoms with Gasteiger partial charge < -0.3 is 14.6 Å². The zero-order valence-corrected chi connectivity index (χ0v) is 22.0.